The normalized spacial score (nSPS) is 17.4. The fourth-order valence-electron chi connectivity index (χ4n) is 2.81. The first-order chi connectivity index (χ1) is 11.3. The molecule has 1 fully saturated rings. The zero-order chi connectivity index (χ0) is 16.1. The summed E-state index contributed by atoms with van der Waals surface area (Å²) < 4.78 is 15.7. The molecule has 0 saturated carbocycles. The molecule has 3 rings (SSSR count). The minimum absolute atomic E-state index is 0.231. The van der Waals surface area contributed by atoms with E-state index in [-0.39, 0.29) is 5.76 Å². The van der Waals surface area contributed by atoms with Crippen molar-refractivity contribution >= 4 is 11.7 Å². The van der Waals surface area contributed by atoms with E-state index < -0.39 is 5.97 Å². The van der Waals surface area contributed by atoms with Crippen LogP contribution in [0, 0.1) is 5.92 Å². The Hall–Kier alpha value is -2.27. The highest BCUT2D eigenvalue weighted by Gasteiger charge is 2.24. The molecule has 2 heterocycles. The molecule has 0 unspecified atom stereocenters. The van der Waals surface area contributed by atoms with Crippen LogP contribution >= 0.6 is 0 Å². The van der Waals surface area contributed by atoms with Gasteiger partial charge in [-0.05, 0) is 30.7 Å². The number of anilines is 1. The largest absolute Gasteiger partial charge is 0.459 e. The SMILES string of the molecule is COCc1ccc(C(=O)OC[C@H]2CCN(c3ccccc3)C2)o1. The van der Waals surface area contributed by atoms with Gasteiger partial charge in [-0.3, -0.25) is 0 Å². The van der Waals surface area contributed by atoms with Gasteiger partial charge >= 0.3 is 5.97 Å². The number of rotatable bonds is 6. The third-order valence-electron chi connectivity index (χ3n) is 4.01. The maximum Gasteiger partial charge on any atom is 0.374 e. The van der Waals surface area contributed by atoms with Gasteiger partial charge in [-0.1, -0.05) is 18.2 Å². The van der Waals surface area contributed by atoms with Crippen LogP contribution in [0.15, 0.2) is 46.9 Å². The van der Waals surface area contributed by atoms with Crippen LogP contribution in [0.3, 0.4) is 0 Å². The summed E-state index contributed by atoms with van der Waals surface area (Å²) in [4.78, 5) is 14.3. The highest BCUT2D eigenvalue weighted by molar-refractivity contribution is 5.86. The molecule has 122 valence electrons. The minimum Gasteiger partial charge on any atom is -0.459 e. The van der Waals surface area contributed by atoms with E-state index in [1.54, 1.807) is 19.2 Å². The lowest BCUT2D eigenvalue weighted by Gasteiger charge is -2.18. The van der Waals surface area contributed by atoms with Crippen LogP contribution in [-0.4, -0.2) is 32.8 Å². The molecule has 1 saturated heterocycles. The lowest BCUT2D eigenvalue weighted by atomic mass is 10.1. The molecule has 1 aliphatic heterocycles. The Morgan fingerprint density at radius 3 is 2.87 bits per heavy atom. The number of benzene rings is 1. The molecule has 0 bridgehead atoms. The van der Waals surface area contributed by atoms with Crippen molar-refractivity contribution in [3.8, 4) is 0 Å². The number of furan rings is 1. The van der Waals surface area contributed by atoms with Crippen LogP contribution in [-0.2, 0) is 16.1 Å². The monoisotopic (exact) mass is 315 g/mol. The number of hydrogen-bond donors (Lipinski definition) is 0. The molecule has 0 aliphatic carbocycles. The second-order valence-electron chi connectivity index (χ2n) is 5.73. The fraction of sp³-hybridized carbons (Fsp3) is 0.389. The number of esters is 1. The molecule has 5 nitrogen and oxygen atoms in total. The van der Waals surface area contributed by atoms with Crippen LogP contribution in [0.2, 0.25) is 0 Å². The van der Waals surface area contributed by atoms with E-state index in [1.165, 1.54) is 5.69 Å². The van der Waals surface area contributed by atoms with E-state index in [1.807, 2.05) is 18.2 Å². The number of carbonyl (C=O) groups excluding carboxylic acids is 1. The third kappa shape index (κ3) is 3.93. The standard InChI is InChI=1S/C18H21NO4/c1-21-13-16-7-8-17(23-16)18(20)22-12-14-9-10-19(11-14)15-5-3-2-4-6-15/h2-8,14H,9-13H2,1H3/t14-/m0/s1. The summed E-state index contributed by atoms with van der Waals surface area (Å²) in [5.74, 6) is 0.795. The number of hydrogen-bond acceptors (Lipinski definition) is 5. The summed E-state index contributed by atoms with van der Waals surface area (Å²) in [5.41, 5.74) is 1.22. The molecule has 23 heavy (non-hydrogen) atoms. The van der Waals surface area contributed by atoms with Crippen molar-refractivity contribution in [1.29, 1.82) is 0 Å². The van der Waals surface area contributed by atoms with Crippen molar-refractivity contribution in [2.75, 3.05) is 31.7 Å². The molecular weight excluding hydrogens is 294 g/mol. The average Bonchev–Trinajstić information content (AvgIpc) is 3.23. The molecule has 5 heteroatoms. The quantitative estimate of drug-likeness (QED) is 0.767. The van der Waals surface area contributed by atoms with E-state index in [9.17, 15) is 4.79 Å². The van der Waals surface area contributed by atoms with Crippen molar-refractivity contribution < 1.29 is 18.7 Å². The number of nitrogens with zero attached hydrogens (tertiary/aromatic N) is 1. The van der Waals surface area contributed by atoms with E-state index in [4.69, 9.17) is 13.9 Å². The molecule has 0 amide bonds. The highest BCUT2D eigenvalue weighted by atomic mass is 16.5. The summed E-state index contributed by atoms with van der Waals surface area (Å²) in [6.07, 6.45) is 1.02. The second-order valence-corrected chi connectivity index (χ2v) is 5.73. The number of para-hydroxylation sites is 1. The van der Waals surface area contributed by atoms with E-state index in [2.05, 4.69) is 17.0 Å². The first-order valence-electron chi connectivity index (χ1n) is 7.81. The summed E-state index contributed by atoms with van der Waals surface area (Å²) in [6, 6.07) is 13.7. The van der Waals surface area contributed by atoms with Crippen molar-refractivity contribution in [2.45, 2.75) is 13.0 Å². The Kier molecular flexibility index (Phi) is 4.98. The zero-order valence-electron chi connectivity index (χ0n) is 13.2. The van der Waals surface area contributed by atoms with E-state index >= 15 is 0 Å². The van der Waals surface area contributed by atoms with Crippen molar-refractivity contribution in [3.05, 3.63) is 54.0 Å². The van der Waals surface area contributed by atoms with Gasteiger partial charge in [0, 0.05) is 31.8 Å². The summed E-state index contributed by atoms with van der Waals surface area (Å²) in [6.45, 7) is 2.67. The zero-order valence-corrected chi connectivity index (χ0v) is 13.2. The number of ether oxygens (including phenoxy) is 2. The molecular formula is C18H21NO4. The first kappa shape index (κ1) is 15.6. The van der Waals surface area contributed by atoms with Crippen LogP contribution in [0.4, 0.5) is 5.69 Å². The Balaban J connectivity index is 1.48. The Labute approximate surface area is 135 Å². The second kappa shape index (κ2) is 7.33. The van der Waals surface area contributed by atoms with Gasteiger partial charge in [-0.2, -0.15) is 0 Å². The highest BCUT2D eigenvalue weighted by Crippen LogP contribution is 2.24. The molecule has 0 radical (unpaired) electrons. The number of carbonyl (C=O) groups is 1. The average molecular weight is 315 g/mol. The molecule has 2 aromatic rings. The van der Waals surface area contributed by atoms with Gasteiger partial charge in [0.15, 0.2) is 0 Å². The predicted octanol–water partition coefficient (Wildman–Crippen LogP) is 3.11. The lowest BCUT2D eigenvalue weighted by molar-refractivity contribution is 0.0409. The van der Waals surface area contributed by atoms with Crippen LogP contribution < -0.4 is 4.90 Å². The number of methoxy groups -OCH3 is 1. The van der Waals surface area contributed by atoms with Crippen molar-refractivity contribution in [2.24, 2.45) is 5.92 Å². The topological polar surface area (TPSA) is 51.9 Å². The molecule has 1 aromatic heterocycles. The summed E-state index contributed by atoms with van der Waals surface area (Å²) >= 11 is 0. The third-order valence-corrected chi connectivity index (χ3v) is 4.01. The van der Waals surface area contributed by atoms with Gasteiger partial charge in [0.25, 0.3) is 0 Å². The van der Waals surface area contributed by atoms with Gasteiger partial charge in [0.1, 0.15) is 12.4 Å². The van der Waals surface area contributed by atoms with Gasteiger partial charge in [0.2, 0.25) is 5.76 Å². The van der Waals surface area contributed by atoms with Crippen LogP contribution in [0.1, 0.15) is 22.7 Å². The molecule has 1 aliphatic rings. The molecule has 1 aromatic carbocycles. The smallest absolute Gasteiger partial charge is 0.374 e. The van der Waals surface area contributed by atoms with E-state index in [0.717, 1.165) is 19.5 Å². The van der Waals surface area contributed by atoms with Gasteiger partial charge in [0.05, 0.1) is 6.61 Å². The van der Waals surface area contributed by atoms with Gasteiger partial charge in [-0.25, -0.2) is 4.79 Å². The molecule has 0 N–H and O–H groups in total. The first-order valence-corrected chi connectivity index (χ1v) is 7.81. The Morgan fingerprint density at radius 2 is 2.09 bits per heavy atom. The lowest BCUT2D eigenvalue weighted by Crippen LogP contribution is -2.21. The van der Waals surface area contributed by atoms with Crippen molar-refractivity contribution in [1.82, 2.24) is 0 Å². The van der Waals surface area contributed by atoms with Gasteiger partial charge < -0.3 is 18.8 Å². The minimum atomic E-state index is -0.412. The van der Waals surface area contributed by atoms with Crippen molar-refractivity contribution in [3.63, 3.8) is 0 Å². The molecule has 0 spiro atoms. The predicted molar refractivity (Wildman–Crippen MR) is 86.5 cm³/mol. The van der Waals surface area contributed by atoms with E-state index in [0.29, 0.717) is 24.9 Å². The Morgan fingerprint density at radius 1 is 1.26 bits per heavy atom. The Bertz CT molecular complexity index is 637. The molecule has 1 atom stereocenters. The van der Waals surface area contributed by atoms with Crippen LogP contribution in [0.5, 0.6) is 0 Å². The summed E-state index contributed by atoms with van der Waals surface area (Å²) in [5, 5.41) is 0. The van der Waals surface area contributed by atoms with Gasteiger partial charge in [-0.15, -0.1) is 0 Å². The maximum atomic E-state index is 12.0. The van der Waals surface area contributed by atoms with Crippen LogP contribution in [0.25, 0.3) is 0 Å². The maximum absolute atomic E-state index is 12.0. The summed E-state index contributed by atoms with van der Waals surface area (Å²) in [7, 11) is 1.58. The fourth-order valence-corrected chi connectivity index (χ4v) is 2.81.